The van der Waals surface area contributed by atoms with Gasteiger partial charge in [0.2, 0.25) is 53.2 Å². The van der Waals surface area contributed by atoms with Crippen molar-refractivity contribution < 1.29 is 58.2 Å². The zero-order valence-electron chi connectivity index (χ0n) is 51.0. The fraction of sp³-hybridized carbons (Fsp3) is 0.825. The number of unbranched alkanes of at least 4 members (excludes halogenated alkanes) is 3. The average Bonchev–Trinajstić information content (AvgIpc) is 3.85. The van der Waals surface area contributed by atoms with Gasteiger partial charge in [-0.15, -0.1) is 0 Å². The molecule has 0 bridgehead atoms. The molecule has 0 aromatic carbocycles. The molecule has 9 amide bonds. The molecule has 1 rings (SSSR count). The summed E-state index contributed by atoms with van der Waals surface area (Å²) in [7, 11) is 1.80. The van der Waals surface area contributed by atoms with E-state index in [0.717, 1.165) is 25.7 Å². The van der Waals surface area contributed by atoms with Crippen LogP contribution in [0, 0.1) is 23.7 Å². The molecule has 1 heterocycles. The van der Waals surface area contributed by atoms with Gasteiger partial charge in [-0.25, -0.2) is 0 Å². The average molecular weight is 1120 g/mol. The van der Waals surface area contributed by atoms with Crippen LogP contribution in [0.3, 0.4) is 0 Å². The van der Waals surface area contributed by atoms with Crippen LogP contribution in [0.2, 0.25) is 0 Å². The Morgan fingerprint density at radius 1 is 0.658 bits per heavy atom. The fourth-order valence-corrected chi connectivity index (χ4v) is 9.31. The van der Waals surface area contributed by atoms with Crippen molar-refractivity contribution in [3.8, 4) is 0 Å². The van der Waals surface area contributed by atoms with Gasteiger partial charge in [-0.2, -0.15) is 0 Å². The van der Waals surface area contributed by atoms with Crippen molar-refractivity contribution >= 4 is 58.9 Å². The minimum atomic E-state index is -1.67. The quantitative estimate of drug-likeness (QED) is 0.0404. The second-order valence-corrected chi connectivity index (χ2v) is 24.3. The number of carbonyl (C=O) groups excluding carboxylic acids is 10. The van der Waals surface area contributed by atoms with E-state index in [9.17, 15) is 58.2 Å². The fourth-order valence-electron chi connectivity index (χ4n) is 9.31. The van der Waals surface area contributed by atoms with Crippen molar-refractivity contribution in [2.24, 2.45) is 23.7 Å². The number of likely N-dealkylation sites (N-methyl/N-ethyl adjacent to an activating group) is 1. The van der Waals surface area contributed by atoms with Gasteiger partial charge in [-0.05, 0) is 112 Å². The van der Waals surface area contributed by atoms with Crippen LogP contribution < -0.4 is 42.5 Å². The minimum Gasteiger partial charge on any atom is -0.395 e. The van der Waals surface area contributed by atoms with Crippen molar-refractivity contribution in [3.63, 3.8) is 0 Å². The van der Waals surface area contributed by atoms with Gasteiger partial charge in [0.25, 0.3) is 0 Å². The summed E-state index contributed by atoms with van der Waals surface area (Å²) < 4.78 is 0. The predicted octanol–water partition coefficient (Wildman–Crippen LogP) is 2.50. The van der Waals surface area contributed by atoms with Gasteiger partial charge in [-0.3, -0.25) is 47.9 Å². The molecule has 10 N–H and O–H groups in total. The van der Waals surface area contributed by atoms with Gasteiger partial charge in [-0.1, -0.05) is 87.5 Å². The summed E-state index contributed by atoms with van der Waals surface area (Å²) in [5, 5.41) is 41.8. The second-order valence-electron chi connectivity index (χ2n) is 24.3. The first-order chi connectivity index (χ1) is 36.6. The lowest BCUT2D eigenvalue weighted by atomic mass is 9.92. The first kappa shape index (κ1) is 71.8. The van der Waals surface area contributed by atoms with Crippen LogP contribution in [0.5, 0.6) is 0 Å². The summed E-state index contributed by atoms with van der Waals surface area (Å²) in [6.45, 7) is 27.6. The smallest absolute Gasteiger partial charge is 0.246 e. The lowest BCUT2D eigenvalue weighted by Gasteiger charge is -2.35. The molecule has 22 nitrogen and oxygen atoms in total. The molecule has 10 atom stereocenters. The maximum absolute atomic E-state index is 14.1. The Hall–Kier alpha value is -5.22. The molecule has 1 aliphatic rings. The molecule has 1 aliphatic heterocycles. The van der Waals surface area contributed by atoms with Crippen LogP contribution in [0.15, 0.2) is 0 Å². The van der Waals surface area contributed by atoms with Gasteiger partial charge in [0, 0.05) is 44.4 Å². The number of hydrogen-bond donors (Lipinski definition) is 10. The number of rotatable bonds is 36. The maximum Gasteiger partial charge on any atom is 0.246 e. The summed E-state index contributed by atoms with van der Waals surface area (Å²) in [6, 6.07) is -5.98. The number of nitrogens with one attached hydrogen (secondary N) is 8. The number of ketones is 1. The van der Waals surface area contributed by atoms with Crippen LogP contribution in [-0.2, 0) is 47.9 Å². The summed E-state index contributed by atoms with van der Waals surface area (Å²) in [5.41, 5.74) is -4.64. The lowest BCUT2D eigenvalue weighted by Crippen LogP contribution is -2.66. The molecule has 1 saturated heterocycles. The summed E-state index contributed by atoms with van der Waals surface area (Å²) in [4.78, 5) is 140. The summed E-state index contributed by atoms with van der Waals surface area (Å²) in [5.74, 6) is -7.20. The summed E-state index contributed by atoms with van der Waals surface area (Å²) in [6.07, 6.45) is 5.57. The largest absolute Gasteiger partial charge is 0.395 e. The first-order valence-electron chi connectivity index (χ1n) is 28.9. The Bertz CT molecular complexity index is 2050. The van der Waals surface area contributed by atoms with Crippen molar-refractivity contribution in [1.82, 2.24) is 52.3 Å². The highest BCUT2D eigenvalue weighted by Gasteiger charge is 2.42. The molecule has 454 valence electrons. The van der Waals surface area contributed by atoms with E-state index in [1.165, 1.54) is 48.5 Å². The molecule has 0 radical (unpaired) electrons. The standard InChI is InChI=1S/C57H104N10O12/c1-18-21-22-23-25-37(8)51(76)67-27-24-26-43(67)48(73)60-42(31-35(6)30-41(70)32-40(69)20-3)47(72)59-39(10)46(71)63-55(11,12)53(78)62-45(36(7)19-2)49(74)61-44(34(4)5)50(75)64-57(15,16)54(79)65-56(13,14)52(77)58-38(9)33-66(17)28-29-68/h34-39,41-45,68,70H,18-33H2,1-17H3,(H,58,77)(H,59,72)(H,60,73)(H,61,74)(H,62,78)(H,63,71)(H,64,75)(H,65,79)/t35?,36-,37?,38?,39-,41?,42?,43-,44-,45-/m0/s1. The third-order valence-electron chi connectivity index (χ3n) is 14.8. The van der Waals surface area contributed by atoms with E-state index in [2.05, 4.69) is 49.5 Å². The normalized spacial score (nSPS) is 17.4. The van der Waals surface area contributed by atoms with E-state index in [4.69, 9.17) is 0 Å². The molecule has 79 heavy (non-hydrogen) atoms. The number of hydrogen-bond acceptors (Lipinski definition) is 13. The lowest BCUT2D eigenvalue weighted by molar-refractivity contribution is -0.142. The predicted molar refractivity (Wildman–Crippen MR) is 304 cm³/mol. The highest BCUT2D eigenvalue weighted by molar-refractivity contribution is 6.00. The van der Waals surface area contributed by atoms with Crippen LogP contribution in [0.4, 0.5) is 0 Å². The number of aliphatic hydroxyl groups excluding tert-OH is 2. The summed E-state index contributed by atoms with van der Waals surface area (Å²) >= 11 is 0. The van der Waals surface area contributed by atoms with Gasteiger partial charge < -0.3 is 62.5 Å². The Balaban J connectivity index is 3.23. The Morgan fingerprint density at radius 3 is 1.81 bits per heavy atom. The zero-order valence-corrected chi connectivity index (χ0v) is 51.0. The molecular formula is C57H104N10O12. The number of Topliss-reactive ketones (excluding diaryl/α,β-unsaturated/α-hetero) is 1. The van der Waals surface area contributed by atoms with Crippen LogP contribution in [-0.4, -0.2) is 171 Å². The topological polar surface area (TPSA) is 314 Å². The molecule has 0 aromatic heterocycles. The first-order valence-corrected chi connectivity index (χ1v) is 28.9. The van der Waals surface area contributed by atoms with E-state index >= 15 is 0 Å². The molecule has 5 unspecified atom stereocenters. The van der Waals surface area contributed by atoms with Crippen LogP contribution in [0.1, 0.15) is 188 Å². The van der Waals surface area contributed by atoms with Crippen LogP contribution >= 0.6 is 0 Å². The van der Waals surface area contributed by atoms with E-state index < -0.39 is 112 Å². The Morgan fingerprint density at radius 2 is 1.24 bits per heavy atom. The molecule has 0 spiro atoms. The highest BCUT2D eigenvalue weighted by atomic mass is 16.3. The van der Waals surface area contributed by atoms with Crippen molar-refractivity contribution in [2.75, 3.05) is 33.3 Å². The van der Waals surface area contributed by atoms with E-state index in [-0.39, 0.29) is 61.9 Å². The van der Waals surface area contributed by atoms with Crippen LogP contribution in [0.25, 0.3) is 0 Å². The number of likely N-dealkylation sites (tertiary alicyclic amines) is 1. The molecular weight excluding hydrogens is 1020 g/mol. The van der Waals surface area contributed by atoms with Crippen molar-refractivity contribution in [2.45, 2.75) is 247 Å². The maximum atomic E-state index is 14.1. The Labute approximate surface area is 471 Å². The molecule has 22 heteroatoms. The van der Waals surface area contributed by atoms with Crippen molar-refractivity contribution in [1.29, 1.82) is 0 Å². The Kier molecular flexibility index (Phi) is 30.5. The molecule has 0 aromatic rings. The number of nitrogens with zero attached hydrogens (tertiary/aromatic N) is 2. The number of carbonyl (C=O) groups is 10. The third-order valence-corrected chi connectivity index (χ3v) is 14.8. The number of amides is 9. The molecule has 0 aliphatic carbocycles. The van der Waals surface area contributed by atoms with Crippen molar-refractivity contribution in [3.05, 3.63) is 0 Å². The number of aliphatic hydroxyl groups is 2. The van der Waals surface area contributed by atoms with E-state index in [1.54, 1.807) is 53.5 Å². The minimum absolute atomic E-state index is 0.0295. The van der Waals surface area contributed by atoms with Gasteiger partial charge in [0.05, 0.1) is 12.7 Å². The third kappa shape index (κ3) is 24.2. The highest BCUT2D eigenvalue weighted by Crippen LogP contribution is 2.24. The van der Waals surface area contributed by atoms with Gasteiger partial charge in [0.1, 0.15) is 52.6 Å². The second kappa shape index (κ2) is 33.5. The molecule has 1 fully saturated rings. The monoisotopic (exact) mass is 1120 g/mol. The van der Waals surface area contributed by atoms with E-state index in [0.29, 0.717) is 45.3 Å². The van der Waals surface area contributed by atoms with E-state index in [1.807, 2.05) is 18.7 Å². The molecule has 0 saturated carbocycles. The van der Waals surface area contributed by atoms with Gasteiger partial charge in [0.15, 0.2) is 0 Å². The van der Waals surface area contributed by atoms with Gasteiger partial charge >= 0.3 is 0 Å². The SMILES string of the molecule is CCCCCCC(C)C(=O)N1CCC[C@H]1C(=O)NC(CC(C)CC(O)CC(=O)CC)C(=O)N[C@@H](C)C(=O)NC(C)(C)C(=O)N[C@H](C(=O)N[C@H](C(=O)NC(C)(C)C(=O)NC(C)(C)C(=O)NC(C)CN(C)CCO)C(C)C)[C@@H](C)CC. The zero-order chi connectivity index (χ0) is 60.7.